The SMILES string of the molecule is CCCC[C@@H](CC(=O)O)NC(=O)[C@@H](NC(=O)OCC1c2ccccc2-c2ccccc21)C(C)CC. The molecule has 1 aliphatic carbocycles. The van der Waals surface area contributed by atoms with Crippen LogP contribution >= 0.6 is 0 Å². The standard InChI is InChI=1S/C28H36N2O5/c1-4-6-11-19(16-25(31)32)29-27(33)26(18(3)5-2)30-28(34)35-17-24-22-14-9-7-12-20(22)21-13-8-10-15-23(21)24/h7-10,12-15,18-19,24,26H,4-6,11,16-17H2,1-3H3,(H,29,33)(H,30,34)(H,31,32)/t18?,19-,26-/m0/s1. The summed E-state index contributed by atoms with van der Waals surface area (Å²) in [6.45, 7) is 6.00. The van der Waals surface area contributed by atoms with Crippen LogP contribution in [-0.2, 0) is 14.3 Å². The molecule has 2 aromatic carbocycles. The van der Waals surface area contributed by atoms with Crippen molar-refractivity contribution in [3.8, 4) is 11.1 Å². The van der Waals surface area contributed by atoms with Gasteiger partial charge >= 0.3 is 12.1 Å². The number of hydrogen-bond acceptors (Lipinski definition) is 4. The van der Waals surface area contributed by atoms with Gasteiger partial charge in [-0.25, -0.2) is 4.79 Å². The molecule has 0 aromatic heterocycles. The summed E-state index contributed by atoms with van der Waals surface area (Å²) in [4.78, 5) is 37.1. The number of carboxylic acids is 1. The van der Waals surface area contributed by atoms with Crippen molar-refractivity contribution < 1.29 is 24.2 Å². The Kier molecular flexibility index (Phi) is 9.29. The van der Waals surface area contributed by atoms with E-state index in [0.717, 1.165) is 35.1 Å². The van der Waals surface area contributed by atoms with Gasteiger partial charge in [-0.1, -0.05) is 88.6 Å². The van der Waals surface area contributed by atoms with Crippen molar-refractivity contribution in [3.05, 3.63) is 59.7 Å². The minimum atomic E-state index is -0.962. The average molecular weight is 481 g/mol. The van der Waals surface area contributed by atoms with Gasteiger partial charge in [0.1, 0.15) is 12.6 Å². The van der Waals surface area contributed by atoms with E-state index in [1.54, 1.807) is 0 Å². The monoisotopic (exact) mass is 480 g/mol. The summed E-state index contributed by atoms with van der Waals surface area (Å²) in [5.74, 6) is -1.56. The zero-order valence-corrected chi connectivity index (χ0v) is 20.8. The fraction of sp³-hybridized carbons (Fsp3) is 0.464. The number of carbonyl (C=O) groups excluding carboxylic acids is 2. The third-order valence-electron chi connectivity index (χ3n) is 6.79. The summed E-state index contributed by atoms with van der Waals surface area (Å²) in [5.41, 5.74) is 4.52. The number of carboxylic acid groups (broad SMARTS) is 1. The predicted molar refractivity (Wildman–Crippen MR) is 135 cm³/mol. The van der Waals surface area contributed by atoms with Crippen LogP contribution in [0.2, 0.25) is 0 Å². The Balaban J connectivity index is 1.66. The maximum atomic E-state index is 13.0. The van der Waals surface area contributed by atoms with Crippen LogP contribution in [0.15, 0.2) is 48.5 Å². The summed E-state index contributed by atoms with van der Waals surface area (Å²) in [6, 6.07) is 14.9. The van der Waals surface area contributed by atoms with Crippen LogP contribution in [0.1, 0.15) is 69.9 Å². The number of nitrogens with one attached hydrogen (secondary N) is 2. The van der Waals surface area contributed by atoms with E-state index in [1.165, 1.54) is 0 Å². The van der Waals surface area contributed by atoms with Crippen LogP contribution in [-0.4, -0.2) is 41.8 Å². The Labute approximate surface area is 207 Å². The van der Waals surface area contributed by atoms with Crippen molar-refractivity contribution in [2.24, 2.45) is 5.92 Å². The average Bonchev–Trinajstić information content (AvgIpc) is 3.17. The van der Waals surface area contributed by atoms with Gasteiger partial charge in [0, 0.05) is 12.0 Å². The van der Waals surface area contributed by atoms with E-state index < -0.39 is 24.1 Å². The van der Waals surface area contributed by atoms with Gasteiger partial charge in [0.15, 0.2) is 0 Å². The van der Waals surface area contributed by atoms with Gasteiger partial charge in [0.25, 0.3) is 0 Å². The van der Waals surface area contributed by atoms with Crippen molar-refractivity contribution >= 4 is 18.0 Å². The van der Waals surface area contributed by atoms with Crippen LogP contribution in [0.5, 0.6) is 0 Å². The minimum absolute atomic E-state index is 0.0713. The van der Waals surface area contributed by atoms with Crippen molar-refractivity contribution in [2.45, 2.75) is 70.9 Å². The number of aliphatic carboxylic acids is 1. The Morgan fingerprint density at radius 1 is 0.971 bits per heavy atom. The van der Waals surface area contributed by atoms with Crippen LogP contribution in [0.4, 0.5) is 4.79 Å². The molecule has 3 rings (SSSR count). The highest BCUT2D eigenvalue weighted by Crippen LogP contribution is 2.44. The topological polar surface area (TPSA) is 105 Å². The third-order valence-corrected chi connectivity index (χ3v) is 6.79. The highest BCUT2D eigenvalue weighted by molar-refractivity contribution is 5.86. The zero-order valence-electron chi connectivity index (χ0n) is 20.8. The van der Waals surface area contributed by atoms with E-state index in [0.29, 0.717) is 12.8 Å². The molecule has 3 atom stereocenters. The summed E-state index contributed by atoms with van der Waals surface area (Å²) in [5, 5.41) is 14.8. The first-order valence-electron chi connectivity index (χ1n) is 12.5. The molecule has 0 heterocycles. The Morgan fingerprint density at radius 3 is 2.11 bits per heavy atom. The molecule has 0 spiro atoms. The summed E-state index contributed by atoms with van der Waals surface area (Å²) in [7, 11) is 0. The quantitative estimate of drug-likeness (QED) is 0.392. The maximum Gasteiger partial charge on any atom is 0.407 e. The maximum absolute atomic E-state index is 13.0. The number of amides is 2. The van der Waals surface area contributed by atoms with Crippen LogP contribution in [0.3, 0.4) is 0 Å². The summed E-state index contributed by atoms with van der Waals surface area (Å²) < 4.78 is 5.63. The molecule has 0 fully saturated rings. The number of unbranched alkanes of at least 4 members (excludes halogenated alkanes) is 1. The molecule has 0 bridgehead atoms. The molecule has 2 aromatic rings. The summed E-state index contributed by atoms with van der Waals surface area (Å²) in [6.07, 6.45) is 2.15. The van der Waals surface area contributed by atoms with Crippen LogP contribution in [0, 0.1) is 5.92 Å². The molecule has 2 amide bonds. The fourth-order valence-electron chi connectivity index (χ4n) is 4.65. The van der Waals surface area contributed by atoms with E-state index in [-0.39, 0.29) is 30.8 Å². The Morgan fingerprint density at radius 2 is 1.57 bits per heavy atom. The lowest BCUT2D eigenvalue weighted by Crippen LogP contribution is -2.53. The second kappa shape index (κ2) is 12.4. The first kappa shape index (κ1) is 26.3. The molecular formula is C28H36N2O5. The molecule has 7 nitrogen and oxygen atoms in total. The number of benzene rings is 2. The van der Waals surface area contributed by atoms with Crippen molar-refractivity contribution in [3.63, 3.8) is 0 Å². The second-order valence-electron chi connectivity index (χ2n) is 9.28. The van der Waals surface area contributed by atoms with Gasteiger partial charge in [-0.2, -0.15) is 0 Å². The predicted octanol–water partition coefficient (Wildman–Crippen LogP) is 5.09. The number of carbonyl (C=O) groups is 3. The second-order valence-corrected chi connectivity index (χ2v) is 9.28. The van der Waals surface area contributed by atoms with Crippen molar-refractivity contribution in [1.82, 2.24) is 10.6 Å². The highest BCUT2D eigenvalue weighted by atomic mass is 16.5. The first-order chi connectivity index (χ1) is 16.8. The number of alkyl carbamates (subject to hydrolysis) is 1. The molecule has 0 saturated carbocycles. The largest absolute Gasteiger partial charge is 0.481 e. The molecule has 0 saturated heterocycles. The van der Waals surface area contributed by atoms with E-state index >= 15 is 0 Å². The minimum Gasteiger partial charge on any atom is -0.481 e. The van der Waals surface area contributed by atoms with Gasteiger partial charge in [-0.15, -0.1) is 0 Å². The van der Waals surface area contributed by atoms with E-state index in [9.17, 15) is 19.5 Å². The lowest BCUT2D eigenvalue weighted by Gasteiger charge is -2.26. The van der Waals surface area contributed by atoms with Gasteiger partial charge in [-0.3, -0.25) is 9.59 Å². The van der Waals surface area contributed by atoms with E-state index in [4.69, 9.17) is 4.74 Å². The smallest absolute Gasteiger partial charge is 0.407 e. The van der Waals surface area contributed by atoms with Gasteiger partial charge in [-0.05, 0) is 34.6 Å². The van der Waals surface area contributed by atoms with Crippen LogP contribution in [0.25, 0.3) is 11.1 Å². The Hall–Kier alpha value is -3.35. The normalized spacial score (nSPS) is 14.8. The molecule has 0 aliphatic heterocycles. The molecule has 1 unspecified atom stereocenters. The van der Waals surface area contributed by atoms with E-state index in [2.05, 4.69) is 34.9 Å². The number of hydrogen-bond donors (Lipinski definition) is 3. The van der Waals surface area contributed by atoms with Gasteiger partial charge < -0.3 is 20.5 Å². The third kappa shape index (κ3) is 6.62. The molecule has 35 heavy (non-hydrogen) atoms. The van der Waals surface area contributed by atoms with Gasteiger partial charge in [0.2, 0.25) is 5.91 Å². The first-order valence-corrected chi connectivity index (χ1v) is 12.5. The van der Waals surface area contributed by atoms with Crippen LogP contribution < -0.4 is 10.6 Å². The molecule has 188 valence electrons. The fourth-order valence-corrected chi connectivity index (χ4v) is 4.65. The highest BCUT2D eigenvalue weighted by Gasteiger charge is 2.31. The molecule has 1 aliphatic rings. The number of fused-ring (bicyclic) bond motifs is 3. The zero-order chi connectivity index (χ0) is 25.4. The summed E-state index contributed by atoms with van der Waals surface area (Å²) >= 11 is 0. The number of ether oxygens (including phenoxy) is 1. The molecule has 7 heteroatoms. The van der Waals surface area contributed by atoms with Gasteiger partial charge in [0.05, 0.1) is 6.42 Å². The van der Waals surface area contributed by atoms with Crippen molar-refractivity contribution in [1.29, 1.82) is 0 Å². The lowest BCUT2D eigenvalue weighted by molar-refractivity contribution is -0.137. The number of rotatable bonds is 12. The molecule has 3 N–H and O–H groups in total. The van der Waals surface area contributed by atoms with E-state index in [1.807, 2.05) is 45.0 Å². The van der Waals surface area contributed by atoms with Crippen molar-refractivity contribution in [2.75, 3.05) is 6.61 Å². The Bertz CT molecular complexity index is 992. The molecular weight excluding hydrogens is 444 g/mol. The molecule has 0 radical (unpaired) electrons. The lowest BCUT2D eigenvalue weighted by atomic mass is 9.97.